The minimum absolute atomic E-state index is 0.0137. The predicted molar refractivity (Wildman–Crippen MR) is 69.4 cm³/mol. The van der Waals surface area contributed by atoms with Crippen molar-refractivity contribution in [3.63, 3.8) is 0 Å². The number of amides is 1. The van der Waals surface area contributed by atoms with E-state index in [1.54, 1.807) is 0 Å². The lowest BCUT2D eigenvalue weighted by Crippen LogP contribution is -2.30. The first-order chi connectivity index (χ1) is 8.66. The van der Waals surface area contributed by atoms with Crippen molar-refractivity contribution in [1.29, 1.82) is 0 Å². The molecule has 1 aromatic rings. The van der Waals surface area contributed by atoms with Crippen LogP contribution in [0.3, 0.4) is 0 Å². The van der Waals surface area contributed by atoms with Crippen LogP contribution in [0.15, 0.2) is 4.52 Å². The van der Waals surface area contributed by atoms with Gasteiger partial charge in [0.1, 0.15) is 0 Å². The van der Waals surface area contributed by atoms with Gasteiger partial charge in [-0.15, -0.1) is 0 Å². The van der Waals surface area contributed by atoms with Gasteiger partial charge in [0.2, 0.25) is 11.8 Å². The van der Waals surface area contributed by atoms with Crippen molar-refractivity contribution in [2.45, 2.75) is 39.5 Å². The Morgan fingerprint density at radius 2 is 2.39 bits per heavy atom. The molecule has 1 atom stereocenters. The molecule has 0 spiro atoms. The van der Waals surface area contributed by atoms with Crippen molar-refractivity contribution in [2.75, 3.05) is 18.4 Å². The summed E-state index contributed by atoms with van der Waals surface area (Å²) in [7, 11) is 0. The van der Waals surface area contributed by atoms with Gasteiger partial charge in [0, 0.05) is 12.0 Å². The number of hydrogen-bond donors (Lipinski definition) is 2. The van der Waals surface area contributed by atoms with E-state index in [1.807, 2.05) is 13.8 Å². The molecule has 1 saturated heterocycles. The second-order valence-electron chi connectivity index (χ2n) is 5.02. The molecule has 1 unspecified atom stereocenters. The summed E-state index contributed by atoms with van der Waals surface area (Å²) in [6, 6.07) is 0. The quantitative estimate of drug-likeness (QED) is 0.859. The Morgan fingerprint density at radius 3 is 3.00 bits per heavy atom. The number of piperidine rings is 1. The number of carbonyl (C=O) groups is 1. The first kappa shape index (κ1) is 13.1. The molecule has 0 bridgehead atoms. The molecule has 0 aliphatic carbocycles. The summed E-state index contributed by atoms with van der Waals surface area (Å²) < 4.78 is 5.06. The average Bonchev–Trinajstić information content (AvgIpc) is 2.70. The highest BCUT2D eigenvalue weighted by Gasteiger charge is 2.16. The van der Waals surface area contributed by atoms with E-state index in [9.17, 15) is 4.79 Å². The zero-order valence-electron chi connectivity index (χ0n) is 11.1. The summed E-state index contributed by atoms with van der Waals surface area (Å²) in [5.41, 5.74) is 1.73. The fourth-order valence-corrected chi connectivity index (χ4v) is 2.23. The van der Waals surface area contributed by atoms with Crippen LogP contribution in [0.1, 0.15) is 36.9 Å². The molecule has 1 aliphatic heterocycles. The molecule has 18 heavy (non-hydrogen) atoms. The fraction of sp³-hybridized carbons (Fsp3) is 0.692. The van der Waals surface area contributed by atoms with Gasteiger partial charge in [0.25, 0.3) is 0 Å². The zero-order chi connectivity index (χ0) is 13.0. The Bertz CT molecular complexity index is 408. The highest BCUT2D eigenvalue weighted by atomic mass is 16.5. The van der Waals surface area contributed by atoms with E-state index in [1.165, 1.54) is 12.8 Å². The average molecular weight is 251 g/mol. The molecule has 0 radical (unpaired) electrons. The Morgan fingerprint density at radius 1 is 1.56 bits per heavy atom. The molecule has 1 aliphatic rings. The van der Waals surface area contributed by atoms with E-state index in [-0.39, 0.29) is 5.91 Å². The Labute approximate surface area is 107 Å². The van der Waals surface area contributed by atoms with Gasteiger partial charge in [-0.1, -0.05) is 5.16 Å². The molecule has 1 amide bonds. The highest BCUT2D eigenvalue weighted by molar-refractivity contribution is 5.89. The molecule has 2 rings (SSSR count). The van der Waals surface area contributed by atoms with Gasteiger partial charge in [-0.2, -0.15) is 0 Å². The van der Waals surface area contributed by atoms with Crippen molar-refractivity contribution in [1.82, 2.24) is 10.5 Å². The second kappa shape index (κ2) is 6.00. The highest BCUT2D eigenvalue weighted by Crippen LogP contribution is 2.19. The smallest absolute Gasteiger partial charge is 0.234 e. The zero-order valence-corrected chi connectivity index (χ0v) is 11.1. The van der Waals surface area contributed by atoms with Gasteiger partial charge < -0.3 is 9.84 Å². The first-order valence-corrected chi connectivity index (χ1v) is 6.60. The Balaban J connectivity index is 1.76. The van der Waals surface area contributed by atoms with Crippen LogP contribution in [0.4, 0.5) is 5.88 Å². The number of nitrogens with zero attached hydrogens (tertiary/aromatic N) is 1. The van der Waals surface area contributed by atoms with E-state index in [0.717, 1.165) is 30.8 Å². The van der Waals surface area contributed by atoms with E-state index in [2.05, 4.69) is 15.8 Å². The van der Waals surface area contributed by atoms with Crippen molar-refractivity contribution in [3.05, 3.63) is 11.3 Å². The molecular formula is C13H21N3O2. The van der Waals surface area contributed by atoms with Gasteiger partial charge >= 0.3 is 0 Å². The molecule has 0 aromatic carbocycles. The molecule has 1 aromatic heterocycles. The lowest BCUT2D eigenvalue weighted by atomic mass is 9.94. The van der Waals surface area contributed by atoms with Crippen molar-refractivity contribution in [3.8, 4) is 0 Å². The fourth-order valence-electron chi connectivity index (χ4n) is 2.23. The lowest BCUT2D eigenvalue weighted by Gasteiger charge is -2.22. The molecule has 1 fully saturated rings. The van der Waals surface area contributed by atoms with Crippen LogP contribution >= 0.6 is 0 Å². The van der Waals surface area contributed by atoms with Crippen LogP contribution in [0.2, 0.25) is 0 Å². The standard InChI is InChI=1S/C13H21N3O2/c1-9-10(2)16-18-13(9)15-12(17)6-5-11-4-3-7-14-8-11/h11,14H,3-8H2,1-2H3,(H,15,17). The van der Waals surface area contributed by atoms with E-state index < -0.39 is 0 Å². The number of anilines is 1. The number of hydrogen-bond acceptors (Lipinski definition) is 4. The number of aryl methyl sites for hydroxylation is 1. The molecule has 2 N–H and O–H groups in total. The topological polar surface area (TPSA) is 67.2 Å². The van der Waals surface area contributed by atoms with E-state index in [4.69, 9.17) is 4.52 Å². The Kier molecular flexibility index (Phi) is 4.36. The molecule has 0 saturated carbocycles. The summed E-state index contributed by atoms with van der Waals surface area (Å²) in [4.78, 5) is 11.8. The molecule has 100 valence electrons. The van der Waals surface area contributed by atoms with Crippen molar-refractivity contribution < 1.29 is 9.32 Å². The van der Waals surface area contributed by atoms with Gasteiger partial charge in [0.05, 0.1) is 5.69 Å². The maximum absolute atomic E-state index is 11.8. The number of rotatable bonds is 4. The number of carbonyl (C=O) groups excluding carboxylic acids is 1. The van der Waals surface area contributed by atoms with Gasteiger partial charge in [-0.05, 0) is 52.1 Å². The monoisotopic (exact) mass is 251 g/mol. The summed E-state index contributed by atoms with van der Waals surface area (Å²) >= 11 is 0. The predicted octanol–water partition coefficient (Wildman–Crippen LogP) is 2.01. The van der Waals surface area contributed by atoms with Crippen LogP contribution in [-0.4, -0.2) is 24.2 Å². The van der Waals surface area contributed by atoms with Crippen LogP contribution in [0, 0.1) is 19.8 Å². The molecule has 5 nitrogen and oxygen atoms in total. The molecular weight excluding hydrogens is 230 g/mol. The third kappa shape index (κ3) is 3.32. The largest absolute Gasteiger partial charge is 0.338 e. The summed E-state index contributed by atoms with van der Waals surface area (Å²) in [5, 5.41) is 9.96. The third-order valence-electron chi connectivity index (χ3n) is 3.59. The molecule has 2 heterocycles. The molecule has 5 heteroatoms. The minimum Gasteiger partial charge on any atom is -0.338 e. The van der Waals surface area contributed by atoms with Crippen LogP contribution in [0.5, 0.6) is 0 Å². The van der Waals surface area contributed by atoms with Crippen molar-refractivity contribution >= 4 is 11.8 Å². The number of aromatic nitrogens is 1. The second-order valence-corrected chi connectivity index (χ2v) is 5.02. The SMILES string of the molecule is Cc1noc(NC(=O)CCC2CCCNC2)c1C. The summed E-state index contributed by atoms with van der Waals surface area (Å²) in [6.07, 6.45) is 3.92. The summed E-state index contributed by atoms with van der Waals surface area (Å²) in [5.74, 6) is 1.13. The van der Waals surface area contributed by atoms with Gasteiger partial charge in [0.15, 0.2) is 0 Å². The summed E-state index contributed by atoms with van der Waals surface area (Å²) in [6.45, 7) is 5.90. The van der Waals surface area contributed by atoms with Crippen LogP contribution < -0.4 is 10.6 Å². The Hall–Kier alpha value is -1.36. The third-order valence-corrected chi connectivity index (χ3v) is 3.59. The van der Waals surface area contributed by atoms with Gasteiger partial charge in [-0.3, -0.25) is 10.1 Å². The maximum Gasteiger partial charge on any atom is 0.234 e. The lowest BCUT2D eigenvalue weighted by molar-refractivity contribution is -0.116. The minimum atomic E-state index is 0.0137. The van der Waals surface area contributed by atoms with E-state index >= 15 is 0 Å². The maximum atomic E-state index is 11.8. The first-order valence-electron chi connectivity index (χ1n) is 6.60. The van der Waals surface area contributed by atoms with Crippen molar-refractivity contribution in [2.24, 2.45) is 5.92 Å². The van der Waals surface area contributed by atoms with E-state index in [0.29, 0.717) is 18.2 Å². The number of nitrogens with one attached hydrogen (secondary N) is 2. The van der Waals surface area contributed by atoms with Crippen LogP contribution in [0.25, 0.3) is 0 Å². The van der Waals surface area contributed by atoms with Gasteiger partial charge in [-0.25, -0.2) is 0 Å². The van der Waals surface area contributed by atoms with Crippen LogP contribution in [-0.2, 0) is 4.79 Å². The normalized spacial score (nSPS) is 19.8.